The van der Waals surface area contributed by atoms with Gasteiger partial charge in [0, 0.05) is 12.6 Å². The average molecular weight is 142 g/mol. The molecule has 0 aromatic heterocycles. The lowest BCUT2D eigenvalue weighted by molar-refractivity contribution is 0.369. The molecular weight excluding hydrogens is 122 g/mol. The Kier molecular flexibility index (Phi) is 4.71. The minimum absolute atomic E-state index is 0.217. The molecule has 1 radical (unpaired) electrons. The van der Waals surface area contributed by atoms with Crippen molar-refractivity contribution in [1.82, 2.24) is 5.32 Å². The first-order valence-electron chi connectivity index (χ1n) is 4.23. The van der Waals surface area contributed by atoms with Crippen LogP contribution in [0.2, 0.25) is 0 Å². The van der Waals surface area contributed by atoms with E-state index in [2.05, 4.69) is 26.1 Å². The van der Waals surface area contributed by atoms with E-state index < -0.39 is 0 Å². The first kappa shape index (κ1) is 9.96. The van der Waals surface area contributed by atoms with Crippen LogP contribution in [-0.2, 0) is 0 Å². The van der Waals surface area contributed by atoms with Crippen molar-refractivity contribution < 1.29 is 0 Å². The van der Waals surface area contributed by atoms with Crippen molar-refractivity contribution in [1.29, 1.82) is 0 Å². The third-order valence-corrected chi connectivity index (χ3v) is 2.00. The summed E-state index contributed by atoms with van der Waals surface area (Å²) in [6.45, 7) is 6.63. The zero-order chi connectivity index (χ0) is 8.04. The molecule has 0 saturated heterocycles. The summed E-state index contributed by atoms with van der Waals surface area (Å²) in [6, 6.07) is 0. The van der Waals surface area contributed by atoms with Crippen molar-refractivity contribution >= 4 is 0 Å². The van der Waals surface area contributed by atoms with Gasteiger partial charge in [0.15, 0.2) is 0 Å². The lowest BCUT2D eigenvalue weighted by Gasteiger charge is -2.21. The second-order valence-corrected chi connectivity index (χ2v) is 3.49. The maximum Gasteiger partial charge on any atom is 0.0297 e. The molecule has 0 saturated carbocycles. The molecule has 0 fully saturated rings. The molecular formula is C9H20N. The summed E-state index contributed by atoms with van der Waals surface area (Å²) < 4.78 is 0. The summed E-state index contributed by atoms with van der Waals surface area (Å²) in [6.07, 6.45) is 5.21. The fourth-order valence-corrected chi connectivity index (χ4v) is 0.919. The molecule has 0 aromatic carbocycles. The van der Waals surface area contributed by atoms with Gasteiger partial charge in [-0.15, -0.1) is 0 Å². The van der Waals surface area contributed by atoms with Crippen LogP contribution in [0, 0.1) is 0 Å². The maximum atomic E-state index is 4.29. The maximum absolute atomic E-state index is 4.29. The smallest absolute Gasteiger partial charge is 0.0297 e. The van der Waals surface area contributed by atoms with E-state index in [1.807, 2.05) is 7.05 Å². The third-order valence-electron chi connectivity index (χ3n) is 2.00. The molecule has 0 aliphatic heterocycles. The van der Waals surface area contributed by atoms with E-state index in [0.717, 1.165) is 0 Å². The van der Waals surface area contributed by atoms with Crippen LogP contribution in [0.5, 0.6) is 0 Å². The topological polar surface area (TPSA) is 14.1 Å². The number of nitrogens with zero attached hydrogens (tertiary/aromatic N) is 1. The van der Waals surface area contributed by atoms with Crippen molar-refractivity contribution in [3.63, 3.8) is 0 Å². The van der Waals surface area contributed by atoms with Crippen LogP contribution in [0.15, 0.2) is 0 Å². The van der Waals surface area contributed by atoms with Gasteiger partial charge in [0.05, 0.1) is 0 Å². The molecule has 61 valence electrons. The third kappa shape index (κ3) is 4.80. The van der Waals surface area contributed by atoms with E-state index in [1.54, 1.807) is 0 Å². The molecule has 0 heterocycles. The van der Waals surface area contributed by atoms with E-state index in [1.165, 1.54) is 25.7 Å². The molecule has 0 aliphatic rings. The van der Waals surface area contributed by atoms with Gasteiger partial charge in [-0.05, 0) is 20.3 Å². The van der Waals surface area contributed by atoms with Crippen molar-refractivity contribution in [3.05, 3.63) is 0 Å². The highest BCUT2D eigenvalue weighted by Crippen LogP contribution is 2.13. The average Bonchev–Trinajstić information content (AvgIpc) is 1.89. The molecule has 0 rings (SSSR count). The Hall–Kier alpha value is -0.0400. The van der Waals surface area contributed by atoms with Gasteiger partial charge in [-0.1, -0.05) is 26.2 Å². The van der Waals surface area contributed by atoms with E-state index in [-0.39, 0.29) is 5.54 Å². The second-order valence-electron chi connectivity index (χ2n) is 3.49. The van der Waals surface area contributed by atoms with Gasteiger partial charge in [0.25, 0.3) is 0 Å². The molecule has 0 aliphatic carbocycles. The van der Waals surface area contributed by atoms with Gasteiger partial charge in [0.1, 0.15) is 0 Å². The van der Waals surface area contributed by atoms with E-state index in [4.69, 9.17) is 0 Å². The van der Waals surface area contributed by atoms with Gasteiger partial charge in [0.2, 0.25) is 0 Å². The summed E-state index contributed by atoms with van der Waals surface area (Å²) in [5.74, 6) is 0. The highest BCUT2D eigenvalue weighted by molar-refractivity contribution is 4.73. The Morgan fingerprint density at radius 3 is 2.20 bits per heavy atom. The Balaban J connectivity index is 3.28. The van der Waals surface area contributed by atoms with E-state index in [0.29, 0.717) is 0 Å². The van der Waals surface area contributed by atoms with Gasteiger partial charge >= 0.3 is 0 Å². The molecule has 0 atom stereocenters. The number of hydrogen-bond acceptors (Lipinski definition) is 0. The minimum atomic E-state index is 0.217. The number of rotatable bonds is 5. The van der Waals surface area contributed by atoms with Crippen molar-refractivity contribution in [2.24, 2.45) is 0 Å². The van der Waals surface area contributed by atoms with Gasteiger partial charge in [-0.2, -0.15) is 0 Å². The first-order valence-corrected chi connectivity index (χ1v) is 4.23. The molecule has 10 heavy (non-hydrogen) atoms. The van der Waals surface area contributed by atoms with Gasteiger partial charge in [-0.25, -0.2) is 5.32 Å². The summed E-state index contributed by atoms with van der Waals surface area (Å²) >= 11 is 0. The lowest BCUT2D eigenvalue weighted by atomic mass is 9.97. The molecule has 0 amide bonds. The fourth-order valence-electron chi connectivity index (χ4n) is 0.919. The predicted octanol–water partition coefficient (Wildman–Crippen LogP) is 2.58. The highest BCUT2D eigenvalue weighted by Gasteiger charge is 2.14. The Bertz CT molecular complexity index is 76.8. The van der Waals surface area contributed by atoms with Crippen LogP contribution < -0.4 is 5.32 Å². The molecule has 0 aromatic rings. The van der Waals surface area contributed by atoms with Crippen molar-refractivity contribution in [3.8, 4) is 0 Å². The summed E-state index contributed by atoms with van der Waals surface area (Å²) in [5, 5.41) is 4.29. The number of unbranched alkanes of at least 4 members (excludes halogenated alkanes) is 2. The van der Waals surface area contributed by atoms with Gasteiger partial charge in [-0.3, -0.25) is 0 Å². The summed E-state index contributed by atoms with van der Waals surface area (Å²) in [7, 11) is 1.91. The molecule has 1 heteroatoms. The van der Waals surface area contributed by atoms with Crippen LogP contribution >= 0.6 is 0 Å². The second kappa shape index (κ2) is 4.73. The molecule has 0 N–H and O–H groups in total. The standard InChI is InChI=1S/C9H20N/c1-5-6-7-8-9(2,3)10-4/h5-8H2,1-4H3. The highest BCUT2D eigenvalue weighted by atomic mass is 14.9. The van der Waals surface area contributed by atoms with Gasteiger partial charge < -0.3 is 0 Å². The normalized spacial score (nSPS) is 12.0. The van der Waals surface area contributed by atoms with E-state index >= 15 is 0 Å². The molecule has 0 spiro atoms. The molecule has 0 bridgehead atoms. The largest absolute Gasteiger partial charge is 0.239 e. The van der Waals surface area contributed by atoms with Crippen molar-refractivity contribution in [2.75, 3.05) is 7.05 Å². The zero-order valence-corrected chi connectivity index (χ0v) is 7.78. The fraction of sp³-hybridized carbons (Fsp3) is 1.00. The van der Waals surface area contributed by atoms with Crippen LogP contribution in [-0.4, -0.2) is 12.6 Å². The predicted molar refractivity (Wildman–Crippen MR) is 46.3 cm³/mol. The SMILES string of the molecule is CCCCCC(C)(C)[N]C. The molecule has 0 unspecified atom stereocenters. The lowest BCUT2D eigenvalue weighted by Crippen LogP contribution is -2.29. The quantitative estimate of drug-likeness (QED) is 0.524. The van der Waals surface area contributed by atoms with Crippen LogP contribution in [0.1, 0.15) is 46.5 Å². The first-order chi connectivity index (χ1) is 4.62. The van der Waals surface area contributed by atoms with E-state index in [9.17, 15) is 0 Å². The summed E-state index contributed by atoms with van der Waals surface area (Å²) in [5.41, 5.74) is 0.217. The minimum Gasteiger partial charge on any atom is -0.239 e. The molecule has 1 nitrogen and oxygen atoms in total. The van der Waals surface area contributed by atoms with Crippen LogP contribution in [0.3, 0.4) is 0 Å². The van der Waals surface area contributed by atoms with Crippen molar-refractivity contribution in [2.45, 2.75) is 52.0 Å². The Morgan fingerprint density at radius 2 is 1.80 bits per heavy atom. The Labute approximate surface area is 65.2 Å². The number of hydrogen-bond donors (Lipinski definition) is 0. The van der Waals surface area contributed by atoms with Crippen LogP contribution in [0.4, 0.5) is 0 Å². The monoisotopic (exact) mass is 142 g/mol. The van der Waals surface area contributed by atoms with Crippen LogP contribution in [0.25, 0.3) is 0 Å². The Morgan fingerprint density at radius 1 is 1.20 bits per heavy atom. The summed E-state index contributed by atoms with van der Waals surface area (Å²) in [4.78, 5) is 0. The zero-order valence-electron chi connectivity index (χ0n) is 7.78.